The molecule has 9 rings (SSSR count). The van der Waals surface area contributed by atoms with Crippen LogP contribution < -0.4 is 0 Å². The Morgan fingerprint density at radius 3 is 1.11 bits per heavy atom. The van der Waals surface area contributed by atoms with Crippen LogP contribution in [-0.4, -0.2) is 12.1 Å². The molecule has 2 nitrogen and oxygen atoms in total. The molecule has 2 heteroatoms. The van der Waals surface area contributed by atoms with E-state index in [2.05, 4.69) is 91.0 Å². The molecule has 0 N–H and O–H groups in total. The average Bonchev–Trinajstić information content (AvgIpc) is 3.21. The van der Waals surface area contributed by atoms with E-state index in [1.54, 1.807) is 0 Å². The molecule has 3 aromatic carbocycles. The maximum atomic E-state index is 4.82. The molecule has 28 heavy (non-hydrogen) atoms. The van der Waals surface area contributed by atoms with Crippen molar-refractivity contribution in [3.05, 3.63) is 108 Å². The fourth-order valence-corrected chi connectivity index (χ4v) is 9.24. The van der Waals surface area contributed by atoms with Crippen LogP contribution in [0.5, 0.6) is 0 Å². The summed E-state index contributed by atoms with van der Waals surface area (Å²) in [5.41, 5.74) is 5.05. The van der Waals surface area contributed by atoms with Crippen LogP contribution in [0.25, 0.3) is 0 Å². The third-order valence-electron chi connectivity index (χ3n) is 9.18. The van der Waals surface area contributed by atoms with E-state index in [9.17, 15) is 0 Å². The average molecular weight is 360 g/mol. The third-order valence-corrected chi connectivity index (χ3v) is 9.18. The van der Waals surface area contributed by atoms with Crippen LogP contribution in [0.2, 0.25) is 0 Å². The summed E-state index contributed by atoms with van der Waals surface area (Å²) in [5, 5.41) is 9.63. The lowest BCUT2D eigenvalue weighted by Crippen LogP contribution is -2.55. The zero-order chi connectivity index (χ0) is 18.1. The molecule has 5 bridgehead atoms. The van der Waals surface area contributed by atoms with Crippen molar-refractivity contribution in [3.63, 3.8) is 0 Å². The van der Waals surface area contributed by atoms with Crippen molar-refractivity contribution in [1.29, 1.82) is 0 Å². The Kier molecular flexibility index (Phi) is 2.12. The summed E-state index contributed by atoms with van der Waals surface area (Å²) >= 11 is 0. The SMILES string of the molecule is c1ccc(C23C4C5N=NC4C4C5C2(c2ccccc2)C43c2ccccc2)cc1. The highest BCUT2D eigenvalue weighted by molar-refractivity contribution is 5.80. The summed E-state index contributed by atoms with van der Waals surface area (Å²) in [5.74, 6) is 1.84. The molecule has 6 aliphatic rings. The van der Waals surface area contributed by atoms with Crippen molar-refractivity contribution in [2.24, 2.45) is 28.0 Å². The molecule has 1 aliphatic heterocycles. The van der Waals surface area contributed by atoms with E-state index in [1.807, 2.05) is 0 Å². The minimum absolute atomic E-state index is 0.137. The number of azo groups is 1. The molecular weight excluding hydrogens is 340 g/mol. The largest absolute Gasteiger partial charge is 0.190 e. The van der Waals surface area contributed by atoms with Crippen molar-refractivity contribution in [3.8, 4) is 0 Å². The smallest absolute Gasteiger partial charge is 0.0807 e. The molecule has 5 aliphatic carbocycles. The van der Waals surface area contributed by atoms with Crippen LogP contribution in [0.3, 0.4) is 0 Å². The summed E-state index contributed by atoms with van der Waals surface area (Å²) in [6, 6.07) is 34.9. The fourth-order valence-electron chi connectivity index (χ4n) is 9.24. The molecule has 6 unspecified atom stereocenters. The number of hydrogen-bond donors (Lipinski definition) is 0. The summed E-state index contributed by atoms with van der Waals surface area (Å²) in [7, 11) is 0. The molecule has 6 atom stereocenters. The van der Waals surface area contributed by atoms with E-state index in [0.29, 0.717) is 29.8 Å². The van der Waals surface area contributed by atoms with E-state index in [4.69, 9.17) is 10.2 Å². The van der Waals surface area contributed by atoms with Crippen molar-refractivity contribution < 1.29 is 0 Å². The standard InChI is InChI=1S/C26H20N2/c1-4-10-16(11-5-1)24-19-20-23-21(22(19)27-28-23)26(24,18-14-8-3-9-15-18)25(20,24)17-12-6-2-7-13-17/h1-15,19-23H. The number of nitrogens with zero attached hydrogens (tertiary/aromatic N) is 2. The topological polar surface area (TPSA) is 24.7 Å². The van der Waals surface area contributed by atoms with E-state index in [-0.39, 0.29) is 16.2 Å². The first-order valence-electron chi connectivity index (χ1n) is 10.5. The van der Waals surface area contributed by atoms with Crippen LogP contribution in [0.1, 0.15) is 16.7 Å². The van der Waals surface area contributed by atoms with Gasteiger partial charge in [-0.2, -0.15) is 10.2 Å². The second kappa shape index (κ2) is 4.15. The summed E-state index contributed by atoms with van der Waals surface area (Å²) < 4.78 is 0. The summed E-state index contributed by atoms with van der Waals surface area (Å²) in [4.78, 5) is 0. The van der Waals surface area contributed by atoms with Gasteiger partial charge in [-0.3, -0.25) is 0 Å². The van der Waals surface area contributed by atoms with Crippen molar-refractivity contribution in [1.82, 2.24) is 0 Å². The van der Waals surface area contributed by atoms with E-state index in [0.717, 1.165) is 0 Å². The number of hydrogen-bond acceptors (Lipinski definition) is 2. The Balaban J connectivity index is 1.52. The molecule has 3 aromatic rings. The molecular formula is C26H20N2. The first-order valence-corrected chi connectivity index (χ1v) is 10.5. The number of benzene rings is 3. The highest BCUT2D eigenvalue weighted by atomic mass is 15.3. The lowest BCUT2D eigenvalue weighted by atomic mass is 9.52. The maximum Gasteiger partial charge on any atom is 0.0807 e. The van der Waals surface area contributed by atoms with Gasteiger partial charge in [0.1, 0.15) is 0 Å². The fraction of sp³-hybridized carbons (Fsp3) is 0.308. The highest BCUT2D eigenvalue weighted by Gasteiger charge is 3.11. The van der Waals surface area contributed by atoms with Crippen LogP contribution in [-0.2, 0) is 16.2 Å². The van der Waals surface area contributed by atoms with Crippen molar-refractivity contribution >= 4 is 0 Å². The van der Waals surface area contributed by atoms with Gasteiger partial charge in [0, 0.05) is 34.0 Å². The van der Waals surface area contributed by atoms with Crippen molar-refractivity contribution in [2.75, 3.05) is 0 Å². The molecule has 0 radical (unpaired) electrons. The van der Waals surface area contributed by atoms with Gasteiger partial charge in [-0.05, 0) is 16.7 Å². The quantitative estimate of drug-likeness (QED) is 0.634. The van der Waals surface area contributed by atoms with Gasteiger partial charge in [0.25, 0.3) is 0 Å². The maximum absolute atomic E-state index is 4.82. The van der Waals surface area contributed by atoms with Crippen LogP contribution in [0, 0.1) is 17.8 Å². The molecule has 0 aromatic heterocycles. The van der Waals surface area contributed by atoms with E-state index in [1.165, 1.54) is 16.7 Å². The van der Waals surface area contributed by atoms with Gasteiger partial charge < -0.3 is 0 Å². The van der Waals surface area contributed by atoms with Gasteiger partial charge in [-0.1, -0.05) is 91.0 Å². The van der Waals surface area contributed by atoms with Gasteiger partial charge in [-0.15, -0.1) is 0 Å². The molecule has 0 saturated heterocycles. The van der Waals surface area contributed by atoms with Crippen LogP contribution in [0.15, 0.2) is 101 Å². The lowest BCUT2D eigenvalue weighted by molar-refractivity contribution is 0.0825. The second-order valence-corrected chi connectivity index (χ2v) is 9.31. The minimum Gasteiger partial charge on any atom is -0.190 e. The predicted molar refractivity (Wildman–Crippen MR) is 107 cm³/mol. The molecule has 0 amide bonds. The summed E-state index contributed by atoms with van der Waals surface area (Å²) in [6.45, 7) is 0. The van der Waals surface area contributed by atoms with Gasteiger partial charge in [0.15, 0.2) is 0 Å². The second-order valence-electron chi connectivity index (χ2n) is 9.31. The number of rotatable bonds is 3. The normalized spacial score (nSPS) is 47.2. The van der Waals surface area contributed by atoms with Gasteiger partial charge in [-0.25, -0.2) is 0 Å². The highest BCUT2D eigenvalue weighted by Crippen LogP contribution is 3.05. The molecule has 5 fully saturated rings. The Hall–Kier alpha value is -2.74. The Morgan fingerprint density at radius 1 is 0.429 bits per heavy atom. The van der Waals surface area contributed by atoms with Gasteiger partial charge in [0.2, 0.25) is 0 Å². The molecule has 134 valence electrons. The molecule has 0 spiro atoms. The van der Waals surface area contributed by atoms with E-state index >= 15 is 0 Å². The predicted octanol–water partition coefficient (Wildman–Crippen LogP) is 4.91. The van der Waals surface area contributed by atoms with Crippen LogP contribution in [0.4, 0.5) is 0 Å². The Morgan fingerprint density at radius 2 is 0.750 bits per heavy atom. The Bertz CT molecular complexity index is 1090. The lowest BCUT2D eigenvalue weighted by Gasteiger charge is -2.51. The summed E-state index contributed by atoms with van der Waals surface area (Å²) in [6.07, 6.45) is 0. The third kappa shape index (κ3) is 1.00. The Labute approximate surface area is 164 Å². The monoisotopic (exact) mass is 360 g/mol. The zero-order valence-corrected chi connectivity index (χ0v) is 15.4. The minimum atomic E-state index is 0.137. The van der Waals surface area contributed by atoms with Gasteiger partial charge in [0.05, 0.1) is 12.1 Å². The zero-order valence-electron chi connectivity index (χ0n) is 15.4. The molecule has 5 saturated carbocycles. The van der Waals surface area contributed by atoms with E-state index < -0.39 is 0 Å². The first-order chi connectivity index (χ1) is 13.9. The van der Waals surface area contributed by atoms with Gasteiger partial charge >= 0.3 is 0 Å². The first kappa shape index (κ1) is 14.3. The van der Waals surface area contributed by atoms with Crippen molar-refractivity contribution in [2.45, 2.75) is 28.3 Å². The van der Waals surface area contributed by atoms with Crippen LogP contribution >= 0.6 is 0 Å². The molecule has 1 heterocycles.